The van der Waals surface area contributed by atoms with Gasteiger partial charge in [0.2, 0.25) is 5.95 Å². The molecule has 0 aliphatic carbocycles. The van der Waals surface area contributed by atoms with Crippen LogP contribution in [-0.4, -0.2) is 21.5 Å². The molecule has 100 valence electrons. The van der Waals surface area contributed by atoms with Gasteiger partial charge in [-0.1, -0.05) is 24.3 Å². The number of fused-ring (bicyclic) bond motifs is 1. The van der Waals surface area contributed by atoms with Gasteiger partial charge >= 0.3 is 0 Å². The Morgan fingerprint density at radius 3 is 2.80 bits per heavy atom. The van der Waals surface area contributed by atoms with Crippen LogP contribution in [0, 0.1) is 5.82 Å². The Kier molecular flexibility index (Phi) is 3.25. The number of hydrogen-bond acceptors (Lipinski definition) is 4. The first kappa shape index (κ1) is 12.5. The Morgan fingerprint density at radius 1 is 1.10 bits per heavy atom. The van der Waals surface area contributed by atoms with Gasteiger partial charge in [-0.05, 0) is 19.1 Å². The Hall–Kier alpha value is -2.56. The van der Waals surface area contributed by atoms with Gasteiger partial charge in [0.05, 0.1) is 17.4 Å². The molecule has 1 N–H and O–H groups in total. The minimum absolute atomic E-state index is 0.210. The van der Waals surface area contributed by atoms with E-state index in [-0.39, 0.29) is 5.69 Å². The molecular weight excluding hydrogens is 255 g/mol. The number of para-hydroxylation sites is 1. The molecule has 0 bridgehead atoms. The Bertz CT molecular complexity index is 758. The van der Waals surface area contributed by atoms with Crippen molar-refractivity contribution >= 4 is 16.9 Å². The molecule has 0 aliphatic heterocycles. The van der Waals surface area contributed by atoms with Crippen LogP contribution in [0.1, 0.15) is 6.92 Å². The first-order valence-electron chi connectivity index (χ1n) is 6.40. The summed E-state index contributed by atoms with van der Waals surface area (Å²) in [4.78, 5) is 12.5. The quantitative estimate of drug-likeness (QED) is 0.792. The fraction of sp³-hybridized carbons (Fsp3) is 0.133. The standard InChI is InChI=1S/C15H13FN4/c1-2-17-15-18-9-11(16)14(20-15)13-8-7-10-5-3-4-6-12(10)19-13/h3-9H,2H2,1H3,(H,17,18,20). The summed E-state index contributed by atoms with van der Waals surface area (Å²) in [6.45, 7) is 2.61. The maximum absolute atomic E-state index is 13.9. The third-order valence-electron chi connectivity index (χ3n) is 2.92. The zero-order chi connectivity index (χ0) is 13.9. The van der Waals surface area contributed by atoms with Crippen LogP contribution in [0.3, 0.4) is 0 Å². The number of hydrogen-bond donors (Lipinski definition) is 1. The molecule has 3 aromatic rings. The van der Waals surface area contributed by atoms with E-state index in [0.717, 1.165) is 17.1 Å². The van der Waals surface area contributed by atoms with Gasteiger partial charge in [-0.15, -0.1) is 0 Å². The summed E-state index contributed by atoms with van der Waals surface area (Å²) in [6.07, 6.45) is 1.16. The van der Waals surface area contributed by atoms with Crippen LogP contribution in [-0.2, 0) is 0 Å². The summed E-state index contributed by atoms with van der Waals surface area (Å²) in [5, 5.41) is 3.98. The molecule has 2 aromatic heterocycles. The molecule has 0 aliphatic rings. The molecule has 4 nitrogen and oxygen atoms in total. The minimum Gasteiger partial charge on any atom is -0.354 e. The number of benzene rings is 1. The predicted octanol–water partition coefficient (Wildman–Crippen LogP) is 3.26. The second kappa shape index (κ2) is 5.21. The summed E-state index contributed by atoms with van der Waals surface area (Å²) < 4.78 is 13.9. The van der Waals surface area contributed by atoms with Crippen molar-refractivity contribution < 1.29 is 4.39 Å². The fourth-order valence-electron chi connectivity index (χ4n) is 1.99. The smallest absolute Gasteiger partial charge is 0.223 e. The van der Waals surface area contributed by atoms with Gasteiger partial charge in [-0.25, -0.2) is 19.3 Å². The van der Waals surface area contributed by atoms with Crippen LogP contribution in [0.15, 0.2) is 42.6 Å². The zero-order valence-electron chi connectivity index (χ0n) is 11.0. The molecule has 0 atom stereocenters. The van der Waals surface area contributed by atoms with Crippen LogP contribution in [0.5, 0.6) is 0 Å². The predicted molar refractivity (Wildman–Crippen MR) is 76.9 cm³/mol. The van der Waals surface area contributed by atoms with Crippen molar-refractivity contribution in [2.24, 2.45) is 0 Å². The van der Waals surface area contributed by atoms with Crippen LogP contribution in [0.25, 0.3) is 22.3 Å². The van der Waals surface area contributed by atoms with Crippen molar-refractivity contribution in [1.29, 1.82) is 0 Å². The highest BCUT2D eigenvalue weighted by Crippen LogP contribution is 2.22. The van der Waals surface area contributed by atoms with Gasteiger partial charge in [-0.2, -0.15) is 0 Å². The van der Waals surface area contributed by atoms with Crippen molar-refractivity contribution in [1.82, 2.24) is 15.0 Å². The van der Waals surface area contributed by atoms with Gasteiger partial charge in [0, 0.05) is 11.9 Å². The van der Waals surface area contributed by atoms with Crippen LogP contribution >= 0.6 is 0 Å². The summed E-state index contributed by atoms with van der Waals surface area (Å²) in [5.41, 5.74) is 1.53. The van der Waals surface area contributed by atoms with Crippen molar-refractivity contribution in [2.45, 2.75) is 6.92 Å². The summed E-state index contributed by atoms with van der Waals surface area (Å²) in [7, 11) is 0. The first-order chi connectivity index (χ1) is 9.78. The van der Waals surface area contributed by atoms with E-state index in [1.165, 1.54) is 0 Å². The van der Waals surface area contributed by atoms with Gasteiger partial charge in [0.1, 0.15) is 5.69 Å². The molecule has 0 unspecified atom stereocenters. The molecule has 0 fully saturated rings. The number of rotatable bonds is 3. The highest BCUT2D eigenvalue weighted by Gasteiger charge is 2.11. The van der Waals surface area contributed by atoms with E-state index in [2.05, 4.69) is 20.3 Å². The lowest BCUT2D eigenvalue weighted by Crippen LogP contribution is -2.04. The van der Waals surface area contributed by atoms with Crippen LogP contribution in [0.2, 0.25) is 0 Å². The highest BCUT2D eigenvalue weighted by atomic mass is 19.1. The Balaban J connectivity index is 2.12. The topological polar surface area (TPSA) is 50.7 Å². The number of nitrogens with zero attached hydrogens (tertiary/aromatic N) is 3. The van der Waals surface area contributed by atoms with Crippen LogP contribution < -0.4 is 5.32 Å². The largest absolute Gasteiger partial charge is 0.354 e. The molecule has 20 heavy (non-hydrogen) atoms. The Labute approximate surface area is 115 Å². The molecule has 0 saturated heterocycles. The fourth-order valence-corrected chi connectivity index (χ4v) is 1.99. The number of pyridine rings is 1. The average molecular weight is 268 g/mol. The first-order valence-corrected chi connectivity index (χ1v) is 6.40. The van der Waals surface area contributed by atoms with Crippen molar-refractivity contribution in [3.05, 3.63) is 48.4 Å². The van der Waals surface area contributed by atoms with E-state index in [4.69, 9.17) is 0 Å². The summed E-state index contributed by atoms with van der Waals surface area (Å²) >= 11 is 0. The van der Waals surface area contributed by atoms with E-state index in [1.807, 2.05) is 37.3 Å². The molecular formula is C15H13FN4. The van der Waals surface area contributed by atoms with Gasteiger partial charge < -0.3 is 5.32 Å². The van der Waals surface area contributed by atoms with Gasteiger partial charge in [-0.3, -0.25) is 0 Å². The molecule has 0 spiro atoms. The number of anilines is 1. The van der Waals surface area contributed by atoms with Crippen LogP contribution in [0.4, 0.5) is 10.3 Å². The molecule has 0 saturated carbocycles. The lowest BCUT2D eigenvalue weighted by molar-refractivity contribution is 0.618. The van der Waals surface area contributed by atoms with E-state index in [9.17, 15) is 4.39 Å². The van der Waals surface area contributed by atoms with Crippen molar-refractivity contribution in [3.8, 4) is 11.4 Å². The normalized spacial score (nSPS) is 10.7. The average Bonchev–Trinajstić information content (AvgIpc) is 2.49. The van der Waals surface area contributed by atoms with E-state index < -0.39 is 5.82 Å². The van der Waals surface area contributed by atoms with E-state index in [1.54, 1.807) is 6.07 Å². The number of nitrogens with one attached hydrogen (secondary N) is 1. The minimum atomic E-state index is -0.477. The molecule has 0 radical (unpaired) electrons. The van der Waals surface area contributed by atoms with Gasteiger partial charge in [0.15, 0.2) is 5.82 Å². The number of halogens is 1. The SMILES string of the molecule is CCNc1ncc(F)c(-c2ccc3ccccc3n2)n1. The lowest BCUT2D eigenvalue weighted by atomic mass is 10.2. The molecule has 5 heteroatoms. The van der Waals surface area contributed by atoms with E-state index >= 15 is 0 Å². The highest BCUT2D eigenvalue weighted by molar-refractivity contribution is 5.81. The monoisotopic (exact) mass is 268 g/mol. The molecule has 2 heterocycles. The Morgan fingerprint density at radius 2 is 1.95 bits per heavy atom. The molecule has 0 amide bonds. The number of aromatic nitrogens is 3. The molecule has 3 rings (SSSR count). The third-order valence-corrected chi connectivity index (χ3v) is 2.92. The van der Waals surface area contributed by atoms with Gasteiger partial charge in [0.25, 0.3) is 0 Å². The zero-order valence-corrected chi connectivity index (χ0v) is 11.0. The molecule has 1 aromatic carbocycles. The summed E-state index contributed by atoms with van der Waals surface area (Å²) in [5.74, 6) is -0.0757. The lowest BCUT2D eigenvalue weighted by Gasteiger charge is -2.06. The summed E-state index contributed by atoms with van der Waals surface area (Å²) in [6, 6.07) is 11.4. The second-order valence-corrected chi connectivity index (χ2v) is 4.31. The maximum atomic E-state index is 13.9. The third kappa shape index (κ3) is 2.30. The maximum Gasteiger partial charge on any atom is 0.223 e. The van der Waals surface area contributed by atoms with Crippen molar-refractivity contribution in [2.75, 3.05) is 11.9 Å². The van der Waals surface area contributed by atoms with E-state index in [0.29, 0.717) is 18.2 Å². The van der Waals surface area contributed by atoms with Crippen molar-refractivity contribution in [3.63, 3.8) is 0 Å². The second-order valence-electron chi connectivity index (χ2n) is 4.31.